The summed E-state index contributed by atoms with van der Waals surface area (Å²) < 4.78 is 2.10. The minimum Gasteiger partial charge on any atom is -0.356 e. The number of H-pyrrole nitrogens is 1. The van der Waals surface area contributed by atoms with Gasteiger partial charge in [-0.25, -0.2) is 9.97 Å². The highest BCUT2D eigenvalue weighted by molar-refractivity contribution is 5.98. The Balaban J connectivity index is 1.73. The Bertz CT molecular complexity index is 1140. The van der Waals surface area contributed by atoms with Gasteiger partial charge >= 0.3 is 0 Å². The van der Waals surface area contributed by atoms with E-state index in [0.29, 0.717) is 5.92 Å². The van der Waals surface area contributed by atoms with Crippen LogP contribution in [0.5, 0.6) is 0 Å². The van der Waals surface area contributed by atoms with Gasteiger partial charge in [-0.15, -0.1) is 0 Å². The summed E-state index contributed by atoms with van der Waals surface area (Å²) in [6, 6.07) is 8.47. The number of fused-ring (bicyclic) bond motifs is 2. The van der Waals surface area contributed by atoms with Gasteiger partial charge in [-0.1, -0.05) is 20.8 Å². The number of pyridine rings is 2. The molecular weight excluding hydrogens is 334 g/mol. The van der Waals surface area contributed by atoms with E-state index >= 15 is 0 Å². The number of rotatable bonds is 3. The van der Waals surface area contributed by atoms with Crippen molar-refractivity contribution < 1.29 is 0 Å². The van der Waals surface area contributed by atoms with Crippen molar-refractivity contribution in [1.82, 2.24) is 19.5 Å². The number of aromatic nitrogens is 4. The lowest BCUT2D eigenvalue weighted by Crippen LogP contribution is -2.45. The van der Waals surface area contributed by atoms with Gasteiger partial charge in [0.05, 0.1) is 16.7 Å². The molecule has 0 saturated carbocycles. The molecule has 0 spiro atoms. The fraction of sp³-hybridized carbons (Fsp3) is 0.364. The van der Waals surface area contributed by atoms with Gasteiger partial charge in [0.1, 0.15) is 11.5 Å². The van der Waals surface area contributed by atoms with E-state index in [1.54, 1.807) is 0 Å². The Kier molecular flexibility index (Phi) is 3.54. The Morgan fingerprint density at radius 3 is 2.74 bits per heavy atom. The first-order valence-corrected chi connectivity index (χ1v) is 9.71. The number of anilines is 1. The molecule has 5 heterocycles. The van der Waals surface area contributed by atoms with Crippen LogP contribution < -0.4 is 4.90 Å². The third-order valence-corrected chi connectivity index (χ3v) is 5.63. The molecule has 0 atom stereocenters. The molecule has 5 nitrogen and oxygen atoms in total. The fourth-order valence-electron chi connectivity index (χ4n) is 4.32. The Morgan fingerprint density at radius 2 is 2.00 bits per heavy atom. The molecule has 4 aromatic rings. The summed E-state index contributed by atoms with van der Waals surface area (Å²) in [5, 5.41) is 1.17. The smallest absolute Gasteiger partial charge is 0.140 e. The molecule has 1 aliphatic rings. The lowest BCUT2D eigenvalue weighted by molar-refractivity contribution is 0.444. The molecular formula is C22H25N5. The van der Waals surface area contributed by atoms with Crippen LogP contribution in [0.1, 0.15) is 32.3 Å². The molecule has 0 bridgehead atoms. The summed E-state index contributed by atoms with van der Waals surface area (Å²) in [5.41, 5.74) is 6.85. The SMILES string of the molecule is CC1CN(c2ccc3[nH]c(-c4cn(C)c5ncccc45)c(C(C)C)c3n2)C1. The van der Waals surface area contributed by atoms with Crippen molar-refractivity contribution in [3.63, 3.8) is 0 Å². The molecule has 0 unspecified atom stereocenters. The zero-order valence-electron chi connectivity index (χ0n) is 16.3. The number of hydrogen-bond donors (Lipinski definition) is 1. The Morgan fingerprint density at radius 1 is 1.19 bits per heavy atom. The summed E-state index contributed by atoms with van der Waals surface area (Å²) >= 11 is 0. The van der Waals surface area contributed by atoms with E-state index in [1.807, 2.05) is 12.3 Å². The van der Waals surface area contributed by atoms with Crippen LogP contribution in [0.4, 0.5) is 5.82 Å². The number of nitrogens with zero attached hydrogens (tertiary/aromatic N) is 4. The second-order valence-electron chi connectivity index (χ2n) is 8.17. The highest BCUT2D eigenvalue weighted by Crippen LogP contribution is 2.39. The molecule has 27 heavy (non-hydrogen) atoms. The largest absolute Gasteiger partial charge is 0.356 e. The van der Waals surface area contributed by atoms with E-state index in [4.69, 9.17) is 4.98 Å². The third kappa shape index (κ3) is 2.45. The van der Waals surface area contributed by atoms with Crippen LogP contribution in [0.25, 0.3) is 33.3 Å². The van der Waals surface area contributed by atoms with Crippen molar-refractivity contribution in [2.45, 2.75) is 26.7 Å². The highest BCUT2D eigenvalue weighted by Gasteiger charge is 2.25. The van der Waals surface area contributed by atoms with Crippen LogP contribution in [0, 0.1) is 5.92 Å². The second kappa shape index (κ2) is 5.84. The molecule has 0 amide bonds. The van der Waals surface area contributed by atoms with Gasteiger partial charge in [0, 0.05) is 49.0 Å². The number of aryl methyl sites for hydroxylation is 1. The van der Waals surface area contributed by atoms with E-state index in [1.165, 1.54) is 22.2 Å². The standard InChI is InChI=1S/C22H25N5/c1-13(2)19-20(16-12-26(4)22-15(16)6-5-9-23-22)24-17-7-8-18(25-21(17)19)27-10-14(3)11-27/h5-9,12-14,24H,10-11H2,1-4H3. The van der Waals surface area contributed by atoms with Crippen LogP contribution in [0.15, 0.2) is 36.7 Å². The van der Waals surface area contributed by atoms with Crippen molar-refractivity contribution in [3.05, 3.63) is 42.2 Å². The van der Waals surface area contributed by atoms with Gasteiger partial charge in [-0.2, -0.15) is 0 Å². The van der Waals surface area contributed by atoms with E-state index in [9.17, 15) is 0 Å². The second-order valence-corrected chi connectivity index (χ2v) is 8.17. The zero-order valence-corrected chi connectivity index (χ0v) is 16.3. The van der Waals surface area contributed by atoms with Gasteiger partial charge in [0.15, 0.2) is 0 Å². The molecule has 5 heteroatoms. The number of nitrogens with one attached hydrogen (secondary N) is 1. The fourth-order valence-corrected chi connectivity index (χ4v) is 4.32. The van der Waals surface area contributed by atoms with Gasteiger partial charge in [-0.05, 0) is 36.1 Å². The molecule has 1 saturated heterocycles. The molecule has 0 radical (unpaired) electrons. The first-order valence-electron chi connectivity index (χ1n) is 9.71. The van der Waals surface area contributed by atoms with Crippen LogP contribution in [0.3, 0.4) is 0 Å². The average Bonchev–Trinajstić information content (AvgIpc) is 3.17. The molecule has 4 aromatic heterocycles. The van der Waals surface area contributed by atoms with Crippen molar-refractivity contribution >= 4 is 27.9 Å². The molecule has 0 aliphatic carbocycles. The minimum atomic E-state index is 0.374. The van der Waals surface area contributed by atoms with E-state index < -0.39 is 0 Å². The minimum absolute atomic E-state index is 0.374. The summed E-state index contributed by atoms with van der Waals surface area (Å²) in [6.45, 7) is 8.98. The summed E-state index contributed by atoms with van der Waals surface area (Å²) in [6.07, 6.45) is 4.02. The van der Waals surface area contributed by atoms with Gasteiger partial charge < -0.3 is 14.5 Å². The quantitative estimate of drug-likeness (QED) is 0.577. The first kappa shape index (κ1) is 16.4. The maximum atomic E-state index is 5.06. The molecule has 0 aromatic carbocycles. The van der Waals surface area contributed by atoms with E-state index in [-0.39, 0.29) is 0 Å². The summed E-state index contributed by atoms with van der Waals surface area (Å²) in [5.74, 6) is 2.23. The topological polar surface area (TPSA) is 49.7 Å². The molecule has 1 N–H and O–H groups in total. The Labute approximate surface area is 159 Å². The van der Waals surface area contributed by atoms with Gasteiger partial charge in [0.25, 0.3) is 0 Å². The molecule has 1 aliphatic heterocycles. The van der Waals surface area contributed by atoms with Crippen molar-refractivity contribution in [1.29, 1.82) is 0 Å². The summed E-state index contributed by atoms with van der Waals surface area (Å²) in [4.78, 5) is 15.6. The van der Waals surface area contributed by atoms with Crippen molar-refractivity contribution in [3.8, 4) is 11.3 Å². The van der Waals surface area contributed by atoms with E-state index in [2.05, 4.69) is 71.6 Å². The normalized spacial score (nSPS) is 15.2. The average molecular weight is 359 g/mol. The number of hydrogen-bond acceptors (Lipinski definition) is 3. The molecule has 5 rings (SSSR count). The number of aromatic amines is 1. The molecule has 138 valence electrons. The van der Waals surface area contributed by atoms with Crippen LogP contribution in [0.2, 0.25) is 0 Å². The predicted octanol–water partition coefficient (Wildman–Crippen LogP) is 4.70. The van der Waals surface area contributed by atoms with Gasteiger partial charge in [-0.3, -0.25) is 0 Å². The van der Waals surface area contributed by atoms with Crippen LogP contribution >= 0.6 is 0 Å². The van der Waals surface area contributed by atoms with Crippen LogP contribution in [-0.2, 0) is 7.05 Å². The van der Waals surface area contributed by atoms with Crippen molar-refractivity contribution in [2.75, 3.05) is 18.0 Å². The third-order valence-electron chi connectivity index (χ3n) is 5.63. The zero-order chi connectivity index (χ0) is 18.7. The highest BCUT2D eigenvalue weighted by atomic mass is 15.2. The maximum absolute atomic E-state index is 5.06. The van der Waals surface area contributed by atoms with E-state index in [0.717, 1.165) is 41.5 Å². The van der Waals surface area contributed by atoms with Crippen molar-refractivity contribution in [2.24, 2.45) is 13.0 Å². The first-order chi connectivity index (χ1) is 13.0. The van der Waals surface area contributed by atoms with Crippen LogP contribution in [-0.4, -0.2) is 32.6 Å². The monoisotopic (exact) mass is 359 g/mol. The lowest BCUT2D eigenvalue weighted by Gasteiger charge is -2.38. The lowest BCUT2D eigenvalue weighted by atomic mass is 9.98. The Hall–Kier alpha value is -2.82. The predicted molar refractivity (Wildman–Crippen MR) is 111 cm³/mol. The van der Waals surface area contributed by atoms with Gasteiger partial charge in [0.2, 0.25) is 0 Å². The molecule has 1 fully saturated rings. The summed E-state index contributed by atoms with van der Waals surface area (Å²) in [7, 11) is 2.05. The maximum Gasteiger partial charge on any atom is 0.140 e.